The van der Waals surface area contributed by atoms with Crippen LogP contribution >= 0.6 is 0 Å². The zero-order valence-electron chi connectivity index (χ0n) is 13.5. The van der Waals surface area contributed by atoms with Crippen molar-refractivity contribution < 1.29 is 4.39 Å². The Balaban J connectivity index is 2.07. The van der Waals surface area contributed by atoms with Gasteiger partial charge in [0.25, 0.3) is 0 Å². The number of halogens is 1. The average Bonchev–Trinajstić information content (AvgIpc) is 2.84. The highest BCUT2D eigenvalue weighted by atomic mass is 28.3. The summed E-state index contributed by atoms with van der Waals surface area (Å²) in [5, 5.41) is 11.1. The van der Waals surface area contributed by atoms with Gasteiger partial charge in [0.05, 0.1) is 11.3 Å². The first-order valence-electron chi connectivity index (χ1n) is 7.84. The molecule has 1 aromatic heterocycles. The maximum absolute atomic E-state index is 15.0. The van der Waals surface area contributed by atoms with Gasteiger partial charge in [0.15, 0.2) is 0 Å². The van der Waals surface area contributed by atoms with Crippen molar-refractivity contribution in [1.29, 1.82) is 5.26 Å². The van der Waals surface area contributed by atoms with Gasteiger partial charge in [-0.2, -0.15) is 5.26 Å². The Hall–Kier alpha value is -2.77. The quantitative estimate of drug-likeness (QED) is 0.640. The minimum atomic E-state index is -2.27. The molecular formula is C20H15FN2Si. The molecule has 4 rings (SSSR count). The van der Waals surface area contributed by atoms with Gasteiger partial charge in [-0.3, -0.25) is 4.98 Å². The van der Waals surface area contributed by atoms with Crippen molar-refractivity contribution in [3.8, 4) is 28.5 Å². The highest BCUT2D eigenvalue weighted by Gasteiger charge is 2.42. The molecule has 0 fully saturated rings. The molecule has 0 unspecified atom stereocenters. The van der Waals surface area contributed by atoms with Crippen LogP contribution in [0.3, 0.4) is 0 Å². The lowest BCUT2D eigenvalue weighted by atomic mass is 10.0. The molecule has 2 heterocycles. The first-order chi connectivity index (χ1) is 11.6. The summed E-state index contributed by atoms with van der Waals surface area (Å²) in [6.07, 6.45) is 1.78. The smallest absolute Gasteiger partial charge is 0.141 e. The van der Waals surface area contributed by atoms with Crippen LogP contribution in [0.2, 0.25) is 13.1 Å². The lowest BCUT2D eigenvalue weighted by molar-refractivity contribution is 0.632. The van der Waals surface area contributed by atoms with E-state index in [-0.39, 0.29) is 11.4 Å². The van der Waals surface area contributed by atoms with E-state index < -0.39 is 8.07 Å². The van der Waals surface area contributed by atoms with E-state index in [2.05, 4.69) is 24.1 Å². The van der Waals surface area contributed by atoms with Gasteiger partial charge in [-0.1, -0.05) is 43.4 Å². The van der Waals surface area contributed by atoms with E-state index in [0.717, 1.165) is 27.6 Å². The van der Waals surface area contributed by atoms with Gasteiger partial charge in [-0.25, -0.2) is 4.39 Å². The van der Waals surface area contributed by atoms with Crippen LogP contribution in [0.25, 0.3) is 22.4 Å². The third-order valence-electron chi connectivity index (χ3n) is 4.81. The maximum Gasteiger partial charge on any atom is 0.141 e. The van der Waals surface area contributed by atoms with Crippen LogP contribution in [-0.4, -0.2) is 13.1 Å². The predicted octanol–water partition coefficient (Wildman–Crippen LogP) is 3.56. The number of rotatable bonds is 1. The van der Waals surface area contributed by atoms with E-state index in [1.807, 2.05) is 42.5 Å². The molecule has 116 valence electrons. The normalized spacial score (nSPS) is 13.9. The lowest BCUT2D eigenvalue weighted by Gasteiger charge is -2.22. The fraction of sp³-hybridized carbons (Fsp3) is 0.100. The van der Waals surface area contributed by atoms with E-state index in [1.54, 1.807) is 12.3 Å². The van der Waals surface area contributed by atoms with Crippen molar-refractivity contribution in [2.24, 2.45) is 0 Å². The fourth-order valence-corrected chi connectivity index (χ4v) is 7.41. The summed E-state index contributed by atoms with van der Waals surface area (Å²) >= 11 is 0. The summed E-state index contributed by atoms with van der Waals surface area (Å²) in [5.41, 5.74) is 4.10. The van der Waals surface area contributed by atoms with Crippen molar-refractivity contribution in [3.63, 3.8) is 0 Å². The van der Waals surface area contributed by atoms with Gasteiger partial charge in [-0.05, 0) is 39.7 Å². The molecule has 0 radical (unpaired) electrons. The molecule has 0 amide bonds. The third-order valence-corrected chi connectivity index (χ3v) is 8.34. The number of aromatic nitrogens is 1. The SMILES string of the molecule is C[Si]1(C)c2c(-c3ccccn3)cccc2-c2ccc(C#N)c(F)c21. The van der Waals surface area contributed by atoms with E-state index in [9.17, 15) is 9.65 Å². The molecule has 0 spiro atoms. The molecule has 0 saturated heterocycles. The number of benzene rings is 2. The van der Waals surface area contributed by atoms with E-state index >= 15 is 0 Å². The zero-order valence-corrected chi connectivity index (χ0v) is 14.5. The van der Waals surface area contributed by atoms with E-state index in [1.165, 1.54) is 5.19 Å². The van der Waals surface area contributed by atoms with Crippen LogP contribution in [0.15, 0.2) is 54.7 Å². The Morgan fingerprint density at radius 3 is 2.38 bits per heavy atom. The second-order valence-corrected chi connectivity index (χ2v) is 10.8. The molecule has 1 aliphatic heterocycles. The molecular weight excluding hydrogens is 315 g/mol. The van der Waals surface area contributed by atoms with Crippen molar-refractivity contribution in [2.45, 2.75) is 13.1 Å². The van der Waals surface area contributed by atoms with Gasteiger partial charge < -0.3 is 0 Å². The number of nitrogens with zero attached hydrogens (tertiary/aromatic N) is 2. The number of hydrogen-bond donors (Lipinski definition) is 0. The van der Waals surface area contributed by atoms with Crippen LogP contribution in [0, 0.1) is 17.1 Å². The molecule has 0 N–H and O–H groups in total. The third kappa shape index (κ3) is 1.88. The largest absolute Gasteiger partial charge is 0.256 e. The zero-order chi connectivity index (χ0) is 16.9. The van der Waals surface area contributed by atoms with Crippen LogP contribution < -0.4 is 10.4 Å². The minimum Gasteiger partial charge on any atom is -0.256 e. The monoisotopic (exact) mass is 330 g/mol. The van der Waals surface area contributed by atoms with Crippen molar-refractivity contribution in [3.05, 3.63) is 66.1 Å². The van der Waals surface area contributed by atoms with E-state index in [0.29, 0.717) is 0 Å². The molecule has 3 aromatic rings. The standard InChI is InChI=1S/C20H15FN2Si/c1-24(2)19-14(15-10-9-13(12-22)18(21)20(15)24)6-5-7-16(19)17-8-3-4-11-23-17/h3-11H,1-2H3. The molecule has 0 aliphatic carbocycles. The molecule has 0 saturated carbocycles. The Labute approximate surface area is 141 Å². The topological polar surface area (TPSA) is 36.7 Å². The second-order valence-electron chi connectivity index (χ2n) is 6.53. The van der Waals surface area contributed by atoms with Crippen LogP contribution in [-0.2, 0) is 0 Å². The van der Waals surface area contributed by atoms with Gasteiger partial charge in [-0.15, -0.1) is 0 Å². The first-order valence-corrected chi connectivity index (χ1v) is 10.8. The van der Waals surface area contributed by atoms with Crippen LogP contribution in [0.1, 0.15) is 5.56 Å². The molecule has 2 nitrogen and oxygen atoms in total. The molecule has 1 aliphatic rings. The number of fused-ring (bicyclic) bond motifs is 3. The Morgan fingerprint density at radius 2 is 1.67 bits per heavy atom. The summed E-state index contributed by atoms with van der Waals surface area (Å²) in [5.74, 6) is -0.352. The number of hydrogen-bond acceptors (Lipinski definition) is 2. The van der Waals surface area contributed by atoms with Gasteiger partial charge >= 0.3 is 0 Å². The first kappa shape index (κ1) is 14.8. The Kier molecular flexibility index (Phi) is 3.15. The minimum absolute atomic E-state index is 0.126. The van der Waals surface area contributed by atoms with Crippen LogP contribution in [0.5, 0.6) is 0 Å². The summed E-state index contributed by atoms with van der Waals surface area (Å²) < 4.78 is 15.0. The summed E-state index contributed by atoms with van der Waals surface area (Å²) in [7, 11) is -2.27. The van der Waals surface area contributed by atoms with Crippen molar-refractivity contribution in [2.75, 3.05) is 0 Å². The van der Waals surface area contributed by atoms with Crippen LogP contribution in [0.4, 0.5) is 4.39 Å². The highest BCUT2D eigenvalue weighted by Crippen LogP contribution is 2.34. The Morgan fingerprint density at radius 1 is 0.917 bits per heavy atom. The van der Waals surface area contributed by atoms with Crippen molar-refractivity contribution >= 4 is 18.4 Å². The lowest BCUT2D eigenvalue weighted by Crippen LogP contribution is -2.51. The number of pyridine rings is 1. The maximum atomic E-state index is 15.0. The van der Waals surface area contributed by atoms with E-state index in [4.69, 9.17) is 0 Å². The Bertz CT molecular complexity index is 1000. The van der Waals surface area contributed by atoms with Gasteiger partial charge in [0.1, 0.15) is 20.0 Å². The summed E-state index contributed by atoms with van der Waals surface area (Å²) in [6.45, 7) is 4.29. The second kappa shape index (κ2) is 5.12. The van der Waals surface area contributed by atoms with Gasteiger partial charge in [0, 0.05) is 11.8 Å². The average molecular weight is 330 g/mol. The fourth-order valence-electron chi connectivity index (χ4n) is 3.81. The predicted molar refractivity (Wildman–Crippen MR) is 96.5 cm³/mol. The van der Waals surface area contributed by atoms with Crippen molar-refractivity contribution in [1.82, 2.24) is 4.98 Å². The molecule has 0 atom stereocenters. The summed E-state index contributed by atoms with van der Waals surface area (Å²) in [6, 6.07) is 17.4. The van der Waals surface area contributed by atoms with Gasteiger partial charge in [0.2, 0.25) is 0 Å². The highest BCUT2D eigenvalue weighted by molar-refractivity contribution is 7.04. The summed E-state index contributed by atoms with van der Waals surface area (Å²) in [4.78, 5) is 4.49. The molecule has 0 bridgehead atoms. The number of nitriles is 1. The molecule has 24 heavy (non-hydrogen) atoms. The molecule has 4 heteroatoms. The molecule has 2 aromatic carbocycles.